The average molecular weight is 221 g/mol. The molecule has 0 bridgehead atoms. The van der Waals surface area contributed by atoms with Crippen molar-refractivity contribution >= 4 is 22.5 Å². The van der Waals surface area contributed by atoms with Crippen LogP contribution in [-0.4, -0.2) is 12.0 Å². The number of fused-ring (bicyclic) bond motifs is 1. The Bertz CT molecular complexity index is 477. The lowest BCUT2D eigenvalue weighted by Crippen LogP contribution is -2.12. The van der Waals surface area contributed by atoms with E-state index >= 15 is 0 Å². The zero-order valence-corrected chi connectivity index (χ0v) is 9.55. The highest BCUT2D eigenvalue weighted by Crippen LogP contribution is 2.28. The van der Waals surface area contributed by atoms with E-state index in [4.69, 9.17) is 11.6 Å². The van der Waals surface area contributed by atoms with E-state index in [0.29, 0.717) is 0 Å². The van der Waals surface area contributed by atoms with Crippen LogP contribution in [0, 0.1) is 0 Å². The van der Waals surface area contributed by atoms with Crippen molar-refractivity contribution < 1.29 is 0 Å². The molecule has 0 aliphatic carbocycles. The molecular formula is C12H13ClN2. The van der Waals surface area contributed by atoms with E-state index < -0.39 is 0 Å². The van der Waals surface area contributed by atoms with Gasteiger partial charge in [-0.05, 0) is 31.7 Å². The number of hydrogen-bond acceptors (Lipinski definition) is 2. The quantitative estimate of drug-likeness (QED) is 0.841. The molecule has 1 aromatic carbocycles. The molecule has 2 rings (SSSR count). The average Bonchev–Trinajstić information content (AvgIpc) is 2.28. The minimum atomic E-state index is 0.274. The smallest absolute Gasteiger partial charge is 0.0720 e. The van der Waals surface area contributed by atoms with Gasteiger partial charge >= 0.3 is 0 Å². The second-order valence-electron chi connectivity index (χ2n) is 3.54. The summed E-state index contributed by atoms with van der Waals surface area (Å²) in [6.45, 7) is 2.11. The summed E-state index contributed by atoms with van der Waals surface area (Å²) < 4.78 is 0. The van der Waals surface area contributed by atoms with Crippen molar-refractivity contribution in [1.29, 1.82) is 0 Å². The van der Waals surface area contributed by atoms with Gasteiger partial charge < -0.3 is 5.32 Å². The number of nitrogens with zero attached hydrogens (tertiary/aromatic N) is 1. The van der Waals surface area contributed by atoms with Crippen molar-refractivity contribution in [3.8, 4) is 0 Å². The van der Waals surface area contributed by atoms with Crippen LogP contribution in [0.2, 0.25) is 5.02 Å². The molecular weight excluding hydrogens is 208 g/mol. The van der Waals surface area contributed by atoms with Gasteiger partial charge in [0, 0.05) is 17.6 Å². The first-order valence-electron chi connectivity index (χ1n) is 4.94. The third-order valence-corrected chi connectivity index (χ3v) is 2.96. The molecule has 0 radical (unpaired) electrons. The van der Waals surface area contributed by atoms with E-state index in [9.17, 15) is 0 Å². The van der Waals surface area contributed by atoms with E-state index in [1.54, 1.807) is 6.20 Å². The van der Waals surface area contributed by atoms with E-state index in [2.05, 4.69) is 23.3 Å². The summed E-state index contributed by atoms with van der Waals surface area (Å²) in [6.07, 6.45) is 1.73. The standard InChI is InChI=1S/C12H13ClN2/c1-8(14-2)9-4-3-5-11-12(9)10(13)6-7-15-11/h3-8,14H,1-2H3. The van der Waals surface area contributed by atoms with E-state index in [-0.39, 0.29) is 6.04 Å². The molecule has 3 heteroatoms. The van der Waals surface area contributed by atoms with Gasteiger partial charge in [-0.2, -0.15) is 0 Å². The van der Waals surface area contributed by atoms with Crippen LogP contribution in [0.4, 0.5) is 0 Å². The number of nitrogens with one attached hydrogen (secondary N) is 1. The molecule has 15 heavy (non-hydrogen) atoms. The molecule has 78 valence electrons. The van der Waals surface area contributed by atoms with Crippen molar-refractivity contribution in [2.75, 3.05) is 7.05 Å². The second-order valence-corrected chi connectivity index (χ2v) is 3.95. The summed E-state index contributed by atoms with van der Waals surface area (Å²) in [5.41, 5.74) is 2.13. The summed E-state index contributed by atoms with van der Waals surface area (Å²) in [7, 11) is 1.94. The van der Waals surface area contributed by atoms with Gasteiger partial charge in [-0.3, -0.25) is 4.98 Å². The molecule has 0 aliphatic heterocycles. The largest absolute Gasteiger partial charge is 0.313 e. The molecule has 2 aromatic rings. The van der Waals surface area contributed by atoms with Crippen molar-refractivity contribution in [3.05, 3.63) is 41.0 Å². The first-order chi connectivity index (χ1) is 7.24. The summed E-state index contributed by atoms with van der Waals surface area (Å²) >= 11 is 6.20. The van der Waals surface area contributed by atoms with E-state index in [0.717, 1.165) is 15.9 Å². The molecule has 1 unspecified atom stereocenters. The van der Waals surface area contributed by atoms with Crippen LogP contribution in [0.5, 0.6) is 0 Å². The summed E-state index contributed by atoms with van der Waals surface area (Å²) in [4.78, 5) is 4.31. The molecule has 0 spiro atoms. The maximum Gasteiger partial charge on any atom is 0.0720 e. The van der Waals surface area contributed by atoms with Crippen LogP contribution in [0.3, 0.4) is 0 Å². The van der Waals surface area contributed by atoms with Gasteiger partial charge in [0.1, 0.15) is 0 Å². The van der Waals surface area contributed by atoms with Gasteiger partial charge in [-0.25, -0.2) is 0 Å². The van der Waals surface area contributed by atoms with Crippen molar-refractivity contribution in [1.82, 2.24) is 10.3 Å². The number of halogens is 1. The van der Waals surface area contributed by atoms with E-state index in [1.807, 2.05) is 25.2 Å². The van der Waals surface area contributed by atoms with Crippen LogP contribution in [-0.2, 0) is 0 Å². The Morgan fingerprint density at radius 3 is 2.87 bits per heavy atom. The maximum absolute atomic E-state index is 6.20. The highest BCUT2D eigenvalue weighted by molar-refractivity contribution is 6.35. The van der Waals surface area contributed by atoms with Gasteiger partial charge in [0.2, 0.25) is 0 Å². The lowest BCUT2D eigenvalue weighted by molar-refractivity contribution is 0.657. The zero-order chi connectivity index (χ0) is 10.8. The maximum atomic E-state index is 6.20. The lowest BCUT2D eigenvalue weighted by atomic mass is 10.0. The summed E-state index contributed by atoms with van der Waals surface area (Å²) in [5, 5.41) is 5.02. The summed E-state index contributed by atoms with van der Waals surface area (Å²) in [6, 6.07) is 8.17. The van der Waals surface area contributed by atoms with Gasteiger partial charge in [0.05, 0.1) is 10.5 Å². The number of pyridine rings is 1. The van der Waals surface area contributed by atoms with E-state index in [1.165, 1.54) is 5.56 Å². The van der Waals surface area contributed by atoms with Crippen LogP contribution < -0.4 is 5.32 Å². The Kier molecular flexibility index (Phi) is 2.89. The minimum absolute atomic E-state index is 0.274. The first kappa shape index (κ1) is 10.4. The topological polar surface area (TPSA) is 24.9 Å². The number of hydrogen-bond donors (Lipinski definition) is 1. The Hall–Kier alpha value is -1.12. The Morgan fingerprint density at radius 1 is 1.33 bits per heavy atom. The fraction of sp³-hybridized carbons (Fsp3) is 0.250. The normalized spacial score (nSPS) is 13.0. The van der Waals surface area contributed by atoms with Crippen molar-refractivity contribution in [3.63, 3.8) is 0 Å². The molecule has 1 aromatic heterocycles. The number of benzene rings is 1. The predicted octanol–water partition coefficient (Wildman–Crippen LogP) is 3.17. The monoisotopic (exact) mass is 220 g/mol. The SMILES string of the molecule is CNC(C)c1cccc2nccc(Cl)c12. The van der Waals surface area contributed by atoms with Crippen molar-refractivity contribution in [2.45, 2.75) is 13.0 Å². The fourth-order valence-corrected chi connectivity index (χ4v) is 1.97. The van der Waals surface area contributed by atoms with Gasteiger partial charge in [0.25, 0.3) is 0 Å². The van der Waals surface area contributed by atoms with Crippen LogP contribution in [0.1, 0.15) is 18.5 Å². The van der Waals surface area contributed by atoms with Crippen LogP contribution in [0.15, 0.2) is 30.5 Å². The Balaban J connectivity index is 2.74. The molecule has 0 saturated heterocycles. The Morgan fingerprint density at radius 2 is 2.13 bits per heavy atom. The number of aromatic nitrogens is 1. The molecule has 0 amide bonds. The third kappa shape index (κ3) is 1.83. The molecule has 1 heterocycles. The molecule has 0 aliphatic rings. The molecule has 1 atom stereocenters. The molecule has 1 N–H and O–H groups in total. The molecule has 2 nitrogen and oxygen atoms in total. The number of rotatable bonds is 2. The molecule has 0 fully saturated rings. The van der Waals surface area contributed by atoms with Gasteiger partial charge in [-0.15, -0.1) is 0 Å². The van der Waals surface area contributed by atoms with Crippen LogP contribution in [0.25, 0.3) is 10.9 Å². The Labute approximate surface area is 94.3 Å². The van der Waals surface area contributed by atoms with Gasteiger partial charge in [-0.1, -0.05) is 23.7 Å². The lowest BCUT2D eigenvalue weighted by Gasteiger charge is -2.14. The highest BCUT2D eigenvalue weighted by atomic mass is 35.5. The zero-order valence-electron chi connectivity index (χ0n) is 8.79. The van der Waals surface area contributed by atoms with Crippen LogP contribution >= 0.6 is 11.6 Å². The minimum Gasteiger partial charge on any atom is -0.313 e. The van der Waals surface area contributed by atoms with Gasteiger partial charge in [0.15, 0.2) is 0 Å². The fourth-order valence-electron chi connectivity index (χ4n) is 1.71. The highest BCUT2D eigenvalue weighted by Gasteiger charge is 2.10. The predicted molar refractivity (Wildman–Crippen MR) is 64.2 cm³/mol. The second kappa shape index (κ2) is 4.17. The third-order valence-electron chi connectivity index (χ3n) is 2.65. The summed E-state index contributed by atoms with van der Waals surface area (Å²) in [5.74, 6) is 0. The first-order valence-corrected chi connectivity index (χ1v) is 5.32. The molecule has 0 saturated carbocycles. The van der Waals surface area contributed by atoms with Crippen molar-refractivity contribution in [2.24, 2.45) is 0 Å².